The van der Waals surface area contributed by atoms with Gasteiger partial charge in [0.15, 0.2) is 0 Å². The van der Waals surface area contributed by atoms with E-state index in [1.54, 1.807) is 0 Å². The van der Waals surface area contributed by atoms with Gasteiger partial charge in [-0.25, -0.2) is 9.59 Å². The van der Waals surface area contributed by atoms with Gasteiger partial charge in [0.05, 0.1) is 6.42 Å². The lowest BCUT2D eigenvalue weighted by molar-refractivity contribution is -0.149. The second-order valence-corrected chi connectivity index (χ2v) is 2.68. The Hall–Kier alpha value is -2.11. The minimum atomic E-state index is -1.25. The molecule has 88 valence electrons. The van der Waals surface area contributed by atoms with Crippen LogP contribution in [0.4, 0.5) is 0 Å². The largest absolute Gasteiger partial charge is 0.478 e. The van der Waals surface area contributed by atoms with E-state index in [-0.39, 0.29) is 18.8 Å². The maximum absolute atomic E-state index is 11.0. The Labute approximate surface area is 92.2 Å². The molecule has 0 amide bonds. The molecule has 0 saturated heterocycles. The van der Waals surface area contributed by atoms with E-state index >= 15 is 0 Å². The van der Waals surface area contributed by atoms with Gasteiger partial charge in [-0.1, -0.05) is 13.2 Å². The lowest BCUT2D eigenvalue weighted by atomic mass is 10.2. The van der Waals surface area contributed by atoms with E-state index in [4.69, 9.17) is 5.11 Å². The van der Waals surface area contributed by atoms with E-state index in [2.05, 4.69) is 22.6 Å². The van der Waals surface area contributed by atoms with Crippen LogP contribution in [0.2, 0.25) is 0 Å². The van der Waals surface area contributed by atoms with E-state index < -0.39 is 24.3 Å². The maximum Gasteiger partial charge on any atom is 0.331 e. The molecule has 0 aliphatic carbocycles. The number of ether oxygens (including phenoxy) is 2. The summed E-state index contributed by atoms with van der Waals surface area (Å²) in [5, 5.41) is 8.42. The van der Waals surface area contributed by atoms with Crippen molar-refractivity contribution in [1.82, 2.24) is 0 Å². The summed E-state index contributed by atoms with van der Waals surface area (Å²) in [7, 11) is 0. The first-order chi connectivity index (χ1) is 7.47. The normalized spacial score (nSPS) is 9.00. The maximum atomic E-state index is 11.0. The summed E-state index contributed by atoms with van der Waals surface area (Å²) in [6, 6.07) is 0. The molecule has 0 fully saturated rings. The van der Waals surface area contributed by atoms with E-state index in [1.807, 2.05) is 0 Å². The van der Waals surface area contributed by atoms with Crippen LogP contribution in [0, 0.1) is 0 Å². The molecule has 0 spiro atoms. The van der Waals surface area contributed by atoms with Gasteiger partial charge in [0, 0.05) is 11.6 Å². The third-order valence-corrected chi connectivity index (χ3v) is 1.42. The molecule has 0 aliphatic heterocycles. The lowest BCUT2D eigenvalue weighted by Crippen LogP contribution is -2.14. The number of aliphatic carboxylic acids is 1. The van der Waals surface area contributed by atoms with Crippen LogP contribution in [0.1, 0.15) is 6.42 Å². The molecule has 0 radical (unpaired) electrons. The standard InChI is InChI=1S/C10H12O6/c1-3-8(11)15-4-5-16-9(12)6-7(2)10(13)14/h3H,1-2,4-6H2,(H,13,14). The van der Waals surface area contributed by atoms with Crippen molar-refractivity contribution in [2.24, 2.45) is 0 Å². The fraction of sp³-hybridized carbons (Fsp3) is 0.300. The van der Waals surface area contributed by atoms with E-state index in [1.165, 1.54) is 0 Å². The SMILES string of the molecule is C=CC(=O)OCCOC(=O)CC(=C)C(=O)O. The Morgan fingerprint density at radius 3 is 2.25 bits per heavy atom. The molecule has 6 heteroatoms. The molecular formula is C10H12O6. The van der Waals surface area contributed by atoms with Crippen molar-refractivity contribution in [1.29, 1.82) is 0 Å². The molecule has 0 aromatic carbocycles. The third-order valence-electron chi connectivity index (χ3n) is 1.42. The van der Waals surface area contributed by atoms with E-state index in [9.17, 15) is 14.4 Å². The Balaban J connectivity index is 3.66. The Bertz CT molecular complexity index is 317. The average molecular weight is 228 g/mol. The van der Waals surface area contributed by atoms with Crippen LogP contribution in [-0.4, -0.2) is 36.2 Å². The van der Waals surface area contributed by atoms with Crippen molar-refractivity contribution in [3.05, 3.63) is 24.8 Å². The van der Waals surface area contributed by atoms with Crippen molar-refractivity contribution in [2.45, 2.75) is 6.42 Å². The highest BCUT2D eigenvalue weighted by Crippen LogP contribution is 1.99. The zero-order chi connectivity index (χ0) is 12.6. The topological polar surface area (TPSA) is 89.9 Å². The molecular weight excluding hydrogens is 216 g/mol. The Morgan fingerprint density at radius 2 is 1.75 bits per heavy atom. The van der Waals surface area contributed by atoms with Gasteiger partial charge in [-0.15, -0.1) is 0 Å². The summed E-state index contributed by atoms with van der Waals surface area (Å²) in [5.41, 5.74) is -0.256. The smallest absolute Gasteiger partial charge is 0.331 e. The summed E-state index contributed by atoms with van der Waals surface area (Å²) in [6.45, 7) is 6.10. The van der Waals surface area contributed by atoms with Crippen molar-refractivity contribution in [3.63, 3.8) is 0 Å². The van der Waals surface area contributed by atoms with Crippen LogP contribution in [-0.2, 0) is 23.9 Å². The number of carboxylic acids is 1. The zero-order valence-corrected chi connectivity index (χ0v) is 8.60. The summed E-state index contributed by atoms with van der Waals surface area (Å²) in [4.78, 5) is 31.8. The summed E-state index contributed by atoms with van der Waals surface area (Å²) in [6.07, 6.45) is 0.582. The zero-order valence-electron chi connectivity index (χ0n) is 8.60. The number of hydrogen-bond acceptors (Lipinski definition) is 5. The molecule has 0 bridgehead atoms. The number of rotatable bonds is 7. The van der Waals surface area contributed by atoms with E-state index in [0.29, 0.717) is 0 Å². The summed E-state index contributed by atoms with van der Waals surface area (Å²) >= 11 is 0. The van der Waals surface area contributed by atoms with Crippen LogP contribution < -0.4 is 0 Å². The summed E-state index contributed by atoms with van der Waals surface area (Å²) < 4.78 is 9.10. The molecule has 6 nitrogen and oxygen atoms in total. The van der Waals surface area contributed by atoms with Crippen molar-refractivity contribution >= 4 is 17.9 Å². The molecule has 0 aromatic rings. The number of carbonyl (C=O) groups is 3. The number of carbonyl (C=O) groups excluding carboxylic acids is 2. The lowest BCUT2D eigenvalue weighted by Gasteiger charge is -2.04. The molecule has 0 heterocycles. The molecule has 0 aromatic heterocycles. The highest BCUT2D eigenvalue weighted by atomic mass is 16.6. The van der Waals surface area contributed by atoms with Gasteiger partial charge in [0.1, 0.15) is 13.2 Å². The first-order valence-electron chi connectivity index (χ1n) is 4.33. The van der Waals surface area contributed by atoms with Gasteiger partial charge in [0.2, 0.25) is 0 Å². The Kier molecular flexibility index (Phi) is 6.27. The quantitative estimate of drug-likeness (QED) is 0.382. The third kappa shape index (κ3) is 6.36. The van der Waals surface area contributed by atoms with Crippen LogP contribution in [0.15, 0.2) is 24.8 Å². The minimum absolute atomic E-state index is 0.101. The first kappa shape index (κ1) is 13.9. The highest BCUT2D eigenvalue weighted by Gasteiger charge is 2.11. The highest BCUT2D eigenvalue weighted by molar-refractivity contribution is 5.91. The van der Waals surface area contributed by atoms with Crippen molar-refractivity contribution in [2.75, 3.05) is 13.2 Å². The number of carboxylic acid groups (broad SMARTS) is 1. The Morgan fingerprint density at radius 1 is 1.19 bits per heavy atom. The van der Waals surface area contributed by atoms with Crippen molar-refractivity contribution < 1.29 is 29.0 Å². The monoisotopic (exact) mass is 228 g/mol. The predicted octanol–water partition coefficient (Wildman–Crippen LogP) is 0.290. The molecule has 0 atom stereocenters. The van der Waals surface area contributed by atoms with Crippen LogP contribution in [0.25, 0.3) is 0 Å². The van der Waals surface area contributed by atoms with Crippen LogP contribution >= 0.6 is 0 Å². The minimum Gasteiger partial charge on any atom is -0.478 e. The van der Waals surface area contributed by atoms with Crippen molar-refractivity contribution in [3.8, 4) is 0 Å². The van der Waals surface area contributed by atoms with Gasteiger partial charge in [-0.05, 0) is 0 Å². The van der Waals surface area contributed by atoms with Crippen LogP contribution in [0.3, 0.4) is 0 Å². The molecule has 1 N–H and O–H groups in total. The molecule has 16 heavy (non-hydrogen) atoms. The first-order valence-corrected chi connectivity index (χ1v) is 4.33. The van der Waals surface area contributed by atoms with Gasteiger partial charge in [-0.3, -0.25) is 4.79 Å². The van der Waals surface area contributed by atoms with Gasteiger partial charge < -0.3 is 14.6 Å². The van der Waals surface area contributed by atoms with Crippen LogP contribution in [0.5, 0.6) is 0 Å². The predicted molar refractivity (Wildman–Crippen MR) is 53.5 cm³/mol. The fourth-order valence-electron chi connectivity index (χ4n) is 0.658. The molecule has 0 unspecified atom stereocenters. The average Bonchev–Trinajstić information content (AvgIpc) is 2.23. The van der Waals surface area contributed by atoms with Gasteiger partial charge >= 0.3 is 17.9 Å². The summed E-state index contributed by atoms with van der Waals surface area (Å²) in [5.74, 6) is -2.61. The second-order valence-electron chi connectivity index (χ2n) is 2.68. The molecule has 0 rings (SSSR count). The molecule has 0 saturated carbocycles. The van der Waals surface area contributed by atoms with E-state index in [0.717, 1.165) is 6.08 Å². The number of esters is 2. The second kappa shape index (κ2) is 7.22. The fourth-order valence-corrected chi connectivity index (χ4v) is 0.658. The number of hydrogen-bond donors (Lipinski definition) is 1. The van der Waals surface area contributed by atoms with Gasteiger partial charge in [-0.2, -0.15) is 0 Å². The molecule has 0 aliphatic rings. The van der Waals surface area contributed by atoms with Gasteiger partial charge in [0.25, 0.3) is 0 Å².